The molecule has 1 aromatic rings. The van der Waals surface area contributed by atoms with Crippen LogP contribution in [0.3, 0.4) is 0 Å². The van der Waals surface area contributed by atoms with E-state index in [2.05, 4.69) is 31.8 Å². The van der Waals surface area contributed by atoms with Crippen molar-refractivity contribution in [3.05, 3.63) is 12.0 Å². The van der Waals surface area contributed by atoms with Gasteiger partial charge in [0.1, 0.15) is 0 Å². The van der Waals surface area contributed by atoms with E-state index in [0.29, 0.717) is 31.6 Å². The third-order valence-corrected chi connectivity index (χ3v) is 4.15. The molecule has 1 atom stereocenters. The van der Waals surface area contributed by atoms with Gasteiger partial charge in [0.2, 0.25) is 11.8 Å². The highest BCUT2D eigenvalue weighted by atomic mass is 16.2. The van der Waals surface area contributed by atoms with Gasteiger partial charge >= 0.3 is 0 Å². The van der Waals surface area contributed by atoms with Gasteiger partial charge in [-0.05, 0) is 0 Å². The fourth-order valence-corrected chi connectivity index (χ4v) is 2.81. The van der Waals surface area contributed by atoms with Crippen LogP contribution in [0.25, 0.3) is 0 Å². The lowest BCUT2D eigenvalue weighted by molar-refractivity contribution is -0.126. The summed E-state index contributed by atoms with van der Waals surface area (Å²) >= 11 is 0. The number of carbonyl (C=O) groups is 2. The van der Waals surface area contributed by atoms with E-state index >= 15 is 0 Å². The Morgan fingerprint density at radius 3 is 3.04 bits per heavy atom. The lowest BCUT2D eigenvalue weighted by Gasteiger charge is -2.22. The first-order valence-electron chi connectivity index (χ1n) is 7.51. The first kappa shape index (κ1) is 15.2. The molecule has 8 heteroatoms. The average molecular weight is 314 g/mol. The zero-order chi connectivity index (χ0) is 16.4. The summed E-state index contributed by atoms with van der Waals surface area (Å²) in [4.78, 5) is 28.3. The molecular weight excluding hydrogens is 296 g/mol. The van der Waals surface area contributed by atoms with Crippen LogP contribution in [0, 0.1) is 12.3 Å². The summed E-state index contributed by atoms with van der Waals surface area (Å²) < 4.78 is 1.76. The summed E-state index contributed by atoms with van der Waals surface area (Å²) in [5.41, 5.74) is 0.311. The number of rotatable bonds is 6. The van der Waals surface area contributed by atoms with Gasteiger partial charge < -0.3 is 15.2 Å². The Labute approximate surface area is 133 Å². The normalized spacial score (nSPS) is 20.3. The Morgan fingerprint density at radius 2 is 2.35 bits per heavy atom. The molecular formula is C15H18N6O2. The van der Waals surface area contributed by atoms with E-state index in [4.69, 9.17) is 6.42 Å². The van der Waals surface area contributed by atoms with E-state index in [1.807, 2.05) is 0 Å². The molecule has 0 spiro atoms. The van der Waals surface area contributed by atoms with Crippen molar-refractivity contribution < 1.29 is 9.59 Å². The SMILES string of the molecule is C#CCCC1(CCNC(=O)C2CC(=O)Nc3ncn(C)c32)N=N1. The number of aryl methyl sites for hydroxylation is 1. The first-order valence-corrected chi connectivity index (χ1v) is 7.51. The predicted octanol–water partition coefficient (Wildman–Crippen LogP) is 0.928. The molecule has 2 N–H and O–H groups in total. The van der Waals surface area contributed by atoms with Gasteiger partial charge in [-0.2, -0.15) is 10.2 Å². The minimum absolute atomic E-state index is 0.120. The quantitative estimate of drug-likeness (QED) is 0.764. The number of terminal acetylenes is 1. The molecule has 3 rings (SSSR count). The maximum Gasteiger partial charge on any atom is 0.229 e. The standard InChI is InChI=1S/C15H18N6O2/c1-3-4-5-15(19-20-15)6-7-16-14(23)10-8-11(22)18-13-12(10)21(2)9-17-13/h1,9-10H,4-8H2,2H3,(H,16,23)(H,18,22). The van der Waals surface area contributed by atoms with Gasteiger partial charge in [-0.25, -0.2) is 4.98 Å². The Kier molecular flexibility index (Phi) is 3.86. The first-order chi connectivity index (χ1) is 11.0. The van der Waals surface area contributed by atoms with Crippen molar-refractivity contribution in [3.8, 4) is 12.3 Å². The molecule has 0 radical (unpaired) electrons. The van der Waals surface area contributed by atoms with Gasteiger partial charge in [0.15, 0.2) is 11.5 Å². The van der Waals surface area contributed by atoms with Gasteiger partial charge in [-0.1, -0.05) is 0 Å². The van der Waals surface area contributed by atoms with Crippen LogP contribution >= 0.6 is 0 Å². The van der Waals surface area contributed by atoms with Crippen LogP contribution in [0.1, 0.15) is 37.3 Å². The molecule has 2 aliphatic rings. The second-order valence-corrected chi connectivity index (χ2v) is 5.82. The van der Waals surface area contributed by atoms with Crippen LogP contribution in [0.15, 0.2) is 16.6 Å². The van der Waals surface area contributed by atoms with Gasteiger partial charge in [-0.3, -0.25) is 9.59 Å². The molecule has 0 aromatic carbocycles. The van der Waals surface area contributed by atoms with E-state index in [-0.39, 0.29) is 18.2 Å². The Bertz CT molecular complexity index is 708. The van der Waals surface area contributed by atoms with Crippen LogP contribution in [0.5, 0.6) is 0 Å². The Balaban J connectivity index is 1.58. The van der Waals surface area contributed by atoms with Gasteiger partial charge in [0.05, 0.1) is 17.9 Å². The van der Waals surface area contributed by atoms with Gasteiger partial charge in [-0.15, -0.1) is 12.3 Å². The van der Waals surface area contributed by atoms with Gasteiger partial charge in [0.25, 0.3) is 0 Å². The van der Waals surface area contributed by atoms with Crippen molar-refractivity contribution in [2.75, 3.05) is 11.9 Å². The molecule has 120 valence electrons. The number of hydrogen-bond acceptors (Lipinski definition) is 5. The predicted molar refractivity (Wildman–Crippen MR) is 82.5 cm³/mol. The lowest BCUT2D eigenvalue weighted by atomic mass is 9.96. The van der Waals surface area contributed by atoms with Crippen LogP contribution in [0.2, 0.25) is 0 Å². The van der Waals surface area contributed by atoms with Crippen molar-refractivity contribution in [1.82, 2.24) is 14.9 Å². The van der Waals surface area contributed by atoms with Crippen molar-refractivity contribution in [1.29, 1.82) is 0 Å². The average Bonchev–Trinajstić information content (AvgIpc) is 3.20. The highest BCUT2D eigenvalue weighted by molar-refractivity contribution is 5.99. The largest absolute Gasteiger partial charge is 0.355 e. The fraction of sp³-hybridized carbons (Fsp3) is 0.533. The van der Waals surface area contributed by atoms with Crippen LogP contribution < -0.4 is 10.6 Å². The van der Waals surface area contributed by atoms with E-state index < -0.39 is 11.6 Å². The van der Waals surface area contributed by atoms with Crippen LogP contribution in [0.4, 0.5) is 5.82 Å². The maximum absolute atomic E-state index is 12.5. The summed E-state index contributed by atoms with van der Waals surface area (Å²) in [7, 11) is 1.81. The molecule has 8 nitrogen and oxygen atoms in total. The molecule has 1 unspecified atom stereocenters. The highest BCUT2D eigenvalue weighted by Gasteiger charge is 2.39. The topological polar surface area (TPSA) is 101 Å². The number of amides is 2. The van der Waals surface area contributed by atoms with E-state index in [9.17, 15) is 9.59 Å². The lowest BCUT2D eigenvalue weighted by Crippen LogP contribution is -2.37. The van der Waals surface area contributed by atoms with E-state index in [1.165, 1.54) is 0 Å². The molecule has 2 aliphatic heterocycles. The van der Waals surface area contributed by atoms with Gasteiger partial charge in [0, 0.05) is 39.3 Å². The fourth-order valence-electron chi connectivity index (χ4n) is 2.81. The number of hydrogen-bond donors (Lipinski definition) is 2. The smallest absolute Gasteiger partial charge is 0.229 e. The third-order valence-electron chi connectivity index (χ3n) is 4.15. The third kappa shape index (κ3) is 3.08. The molecule has 0 saturated heterocycles. The zero-order valence-electron chi connectivity index (χ0n) is 12.9. The second kappa shape index (κ2) is 5.83. The summed E-state index contributed by atoms with van der Waals surface area (Å²) in [6, 6.07) is 0. The molecule has 0 aliphatic carbocycles. The van der Waals surface area contributed by atoms with E-state index in [1.54, 1.807) is 17.9 Å². The number of fused-ring (bicyclic) bond motifs is 1. The van der Waals surface area contributed by atoms with Crippen molar-refractivity contribution in [2.24, 2.45) is 17.3 Å². The molecule has 3 heterocycles. The van der Waals surface area contributed by atoms with Crippen molar-refractivity contribution in [2.45, 2.75) is 37.3 Å². The number of anilines is 1. The Morgan fingerprint density at radius 1 is 1.57 bits per heavy atom. The molecule has 0 saturated carbocycles. The maximum atomic E-state index is 12.5. The molecule has 23 heavy (non-hydrogen) atoms. The van der Waals surface area contributed by atoms with Crippen molar-refractivity contribution in [3.63, 3.8) is 0 Å². The molecule has 0 bridgehead atoms. The number of nitrogens with one attached hydrogen (secondary N) is 2. The minimum Gasteiger partial charge on any atom is -0.355 e. The second-order valence-electron chi connectivity index (χ2n) is 5.82. The number of imidazole rings is 1. The number of aromatic nitrogens is 2. The highest BCUT2D eigenvalue weighted by Crippen LogP contribution is 2.36. The van der Waals surface area contributed by atoms with Crippen LogP contribution in [-0.4, -0.2) is 33.6 Å². The van der Waals surface area contributed by atoms with Crippen LogP contribution in [-0.2, 0) is 16.6 Å². The monoisotopic (exact) mass is 314 g/mol. The summed E-state index contributed by atoms with van der Waals surface area (Å²) in [6.45, 7) is 0.446. The Hall–Kier alpha value is -2.69. The molecule has 0 fully saturated rings. The number of nitrogens with zero attached hydrogens (tertiary/aromatic N) is 4. The molecule has 1 aromatic heterocycles. The van der Waals surface area contributed by atoms with E-state index in [0.717, 1.165) is 5.69 Å². The minimum atomic E-state index is -0.527. The molecule has 2 amide bonds. The van der Waals surface area contributed by atoms with Crippen molar-refractivity contribution >= 4 is 17.6 Å². The number of carbonyl (C=O) groups excluding carboxylic acids is 2. The zero-order valence-corrected chi connectivity index (χ0v) is 12.9. The summed E-state index contributed by atoms with van der Waals surface area (Å²) in [6.07, 6.45) is 8.90. The summed E-state index contributed by atoms with van der Waals surface area (Å²) in [5, 5.41) is 13.6. The summed E-state index contributed by atoms with van der Waals surface area (Å²) in [5.74, 6) is 2.12.